The van der Waals surface area contributed by atoms with Crippen LogP contribution >= 0.6 is 0 Å². The number of rotatable bonds is 4. The van der Waals surface area contributed by atoms with Crippen LogP contribution in [0.1, 0.15) is 18.0 Å². The predicted octanol–water partition coefficient (Wildman–Crippen LogP) is 1.62. The van der Waals surface area contributed by atoms with Gasteiger partial charge in [0.25, 0.3) is 0 Å². The van der Waals surface area contributed by atoms with Crippen molar-refractivity contribution < 1.29 is 24.6 Å². The van der Waals surface area contributed by atoms with Gasteiger partial charge < -0.3 is 10.2 Å². The highest BCUT2D eigenvalue weighted by atomic mass is 19.1. The summed E-state index contributed by atoms with van der Waals surface area (Å²) in [5.74, 6) is -0.452. The summed E-state index contributed by atoms with van der Waals surface area (Å²) in [7, 11) is 0. The van der Waals surface area contributed by atoms with Crippen molar-refractivity contribution in [1.29, 1.82) is 0 Å². The lowest BCUT2D eigenvalue weighted by molar-refractivity contribution is -0.102. The van der Waals surface area contributed by atoms with E-state index in [1.807, 2.05) is 0 Å². The first-order valence-corrected chi connectivity index (χ1v) is 4.63. The first kappa shape index (κ1) is 12.4. The number of hydrogen-bond donors (Lipinski definition) is 3. The molecule has 0 aliphatic heterocycles. The van der Waals surface area contributed by atoms with Gasteiger partial charge >= 0.3 is 6.09 Å². The van der Waals surface area contributed by atoms with Crippen molar-refractivity contribution in [1.82, 2.24) is 5.06 Å². The van der Waals surface area contributed by atoms with E-state index in [1.54, 1.807) is 0 Å². The second-order valence-electron chi connectivity index (χ2n) is 3.21. The summed E-state index contributed by atoms with van der Waals surface area (Å²) in [6, 6.07) is 4.15. The topological polar surface area (TPSA) is 81.0 Å². The molecule has 0 radical (unpaired) electrons. The van der Waals surface area contributed by atoms with Gasteiger partial charge in [0.2, 0.25) is 0 Å². The highest BCUT2D eigenvalue weighted by Gasteiger charge is 2.22. The Morgan fingerprint density at radius 2 is 1.94 bits per heavy atom. The van der Waals surface area contributed by atoms with Crippen LogP contribution in [0, 0.1) is 5.82 Å². The van der Waals surface area contributed by atoms with Crippen molar-refractivity contribution in [2.75, 3.05) is 6.61 Å². The van der Waals surface area contributed by atoms with Gasteiger partial charge in [-0.15, -0.1) is 0 Å². The third-order valence-electron chi connectivity index (χ3n) is 2.15. The van der Waals surface area contributed by atoms with Gasteiger partial charge in [0.05, 0.1) is 6.04 Å². The van der Waals surface area contributed by atoms with E-state index in [0.29, 0.717) is 5.56 Å². The van der Waals surface area contributed by atoms with Gasteiger partial charge in [-0.1, -0.05) is 12.1 Å². The number of carboxylic acid groups (broad SMARTS) is 1. The molecule has 1 aromatic carbocycles. The molecular weight excluding hydrogens is 217 g/mol. The number of halogens is 1. The number of nitrogens with zero attached hydrogens (tertiary/aromatic N) is 1. The van der Waals surface area contributed by atoms with Crippen molar-refractivity contribution in [3.05, 3.63) is 35.6 Å². The molecule has 0 saturated heterocycles. The van der Waals surface area contributed by atoms with Gasteiger partial charge in [0.1, 0.15) is 5.82 Å². The molecule has 88 valence electrons. The molecule has 0 saturated carbocycles. The molecule has 0 spiro atoms. The first-order chi connectivity index (χ1) is 7.56. The van der Waals surface area contributed by atoms with Crippen molar-refractivity contribution >= 4 is 6.09 Å². The van der Waals surface area contributed by atoms with E-state index in [2.05, 4.69) is 0 Å². The van der Waals surface area contributed by atoms with E-state index < -0.39 is 18.0 Å². The molecule has 1 amide bonds. The fourth-order valence-corrected chi connectivity index (χ4v) is 1.37. The molecule has 1 rings (SSSR count). The fraction of sp³-hybridized carbons (Fsp3) is 0.300. The maximum absolute atomic E-state index is 12.7. The fourth-order valence-electron chi connectivity index (χ4n) is 1.37. The minimum absolute atomic E-state index is 0.0361. The zero-order chi connectivity index (χ0) is 12.1. The Labute approximate surface area is 91.3 Å². The maximum atomic E-state index is 12.7. The average Bonchev–Trinajstić information content (AvgIpc) is 2.26. The van der Waals surface area contributed by atoms with Gasteiger partial charge in [-0.05, 0) is 24.1 Å². The van der Waals surface area contributed by atoms with E-state index >= 15 is 0 Å². The molecule has 6 heteroatoms. The summed E-state index contributed by atoms with van der Waals surface area (Å²) in [5, 5.41) is 26.8. The third kappa shape index (κ3) is 2.91. The van der Waals surface area contributed by atoms with Crippen molar-refractivity contribution in [2.45, 2.75) is 12.5 Å². The third-order valence-corrected chi connectivity index (χ3v) is 2.15. The molecule has 0 fully saturated rings. The van der Waals surface area contributed by atoms with Crippen LogP contribution in [0.3, 0.4) is 0 Å². The van der Waals surface area contributed by atoms with Crippen molar-refractivity contribution in [2.24, 2.45) is 0 Å². The van der Waals surface area contributed by atoms with Gasteiger partial charge in [0, 0.05) is 6.61 Å². The normalized spacial score (nSPS) is 12.2. The van der Waals surface area contributed by atoms with Crippen LogP contribution in [0.5, 0.6) is 0 Å². The van der Waals surface area contributed by atoms with Crippen LogP contribution in [-0.4, -0.2) is 33.2 Å². The molecule has 5 nitrogen and oxygen atoms in total. The number of benzene rings is 1. The number of amides is 1. The molecule has 16 heavy (non-hydrogen) atoms. The Hall–Kier alpha value is -1.66. The molecular formula is C10H12FNO4. The molecule has 1 atom stereocenters. The molecule has 0 bridgehead atoms. The molecule has 0 aromatic heterocycles. The summed E-state index contributed by atoms with van der Waals surface area (Å²) in [4.78, 5) is 10.6. The Morgan fingerprint density at radius 3 is 2.38 bits per heavy atom. The summed E-state index contributed by atoms with van der Waals surface area (Å²) >= 11 is 0. The van der Waals surface area contributed by atoms with Gasteiger partial charge in [-0.3, -0.25) is 5.21 Å². The minimum atomic E-state index is -1.53. The Balaban J connectivity index is 2.92. The smallest absolute Gasteiger partial charge is 0.431 e. The van der Waals surface area contributed by atoms with Crippen LogP contribution in [0.2, 0.25) is 0 Å². The number of carbonyl (C=O) groups is 1. The maximum Gasteiger partial charge on any atom is 0.431 e. The second-order valence-corrected chi connectivity index (χ2v) is 3.21. The zero-order valence-corrected chi connectivity index (χ0v) is 8.38. The van der Waals surface area contributed by atoms with E-state index in [-0.39, 0.29) is 18.1 Å². The van der Waals surface area contributed by atoms with Crippen LogP contribution < -0.4 is 0 Å². The SMILES string of the molecule is O=C(O)N(O)[C@@H](CCO)c1ccc(F)cc1. The average molecular weight is 229 g/mol. The van der Waals surface area contributed by atoms with E-state index in [9.17, 15) is 14.4 Å². The van der Waals surface area contributed by atoms with Gasteiger partial charge in [-0.25, -0.2) is 9.18 Å². The molecule has 0 aliphatic carbocycles. The Kier molecular flexibility index (Phi) is 4.21. The molecule has 0 aliphatic rings. The monoisotopic (exact) mass is 229 g/mol. The number of aliphatic hydroxyl groups excluding tert-OH is 1. The highest BCUT2D eigenvalue weighted by Crippen LogP contribution is 2.22. The van der Waals surface area contributed by atoms with E-state index in [1.165, 1.54) is 12.1 Å². The van der Waals surface area contributed by atoms with E-state index in [0.717, 1.165) is 12.1 Å². The summed E-state index contributed by atoms with van der Waals surface area (Å²) in [5.41, 5.74) is 0.417. The molecule has 3 N–H and O–H groups in total. The number of hydroxylamine groups is 2. The summed E-state index contributed by atoms with van der Waals surface area (Å²) in [6.07, 6.45) is -1.49. The van der Waals surface area contributed by atoms with Crippen LogP contribution in [0.15, 0.2) is 24.3 Å². The lowest BCUT2D eigenvalue weighted by Gasteiger charge is -2.23. The minimum Gasteiger partial charge on any atom is -0.463 e. The quantitative estimate of drug-likeness (QED) is 0.541. The lowest BCUT2D eigenvalue weighted by Crippen LogP contribution is -2.31. The number of aliphatic hydroxyl groups is 1. The Bertz CT molecular complexity index is 354. The lowest BCUT2D eigenvalue weighted by atomic mass is 10.0. The van der Waals surface area contributed by atoms with Crippen molar-refractivity contribution in [3.63, 3.8) is 0 Å². The standard InChI is InChI=1S/C10H12FNO4/c11-8-3-1-7(2-4-8)9(5-6-13)12(16)10(14)15/h1-4,9,13,16H,5-6H2,(H,14,15)/t9-/m0/s1. The number of hydrogen-bond acceptors (Lipinski definition) is 3. The van der Waals surface area contributed by atoms with Gasteiger partial charge in [0.15, 0.2) is 0 Å². The largest absolute Gasteiger partial charge is 0.463 e. The van der Waals surface area contributed by atoms with Crippen LogP contribution in [-0.2, 0) is 0 Å². The van der Waals surface area contributed by atoms with Crippen molar-refractivity contribution in [3.8, 4) is 0 Å². The van der Waals surface area contributed by atoms with E-state index in [4.69, 9.17) is 10.2 Å². The summed E-state index contributed by atoms with van der Waals surface area (Å²) in [6.45, 7) is -0.285. The summed E-state index contributed by atoms with van der Waals surface area (Å²) < 4.78 is 12.7. The molecule has 0 heterocycles. The van der Waals surface area contributed by atoms with Gasteiger partial charge in [-0.2, -0.15) is 5.06 Å². The molecule has 0 unspecified atom stereocenters. The molecule has 1 aromatic rings. The van der Waals surface area contributed by atoms with Crippen LogP contribution in [0.4, 0.5) is 9.18 Å². The first-order valence-electron chi connectivity index (χ1n) is 4.63. The second kappa shape index (κ2) is 5.43. The zero-order valence-electron chi connectivity index (χ0n) is 8.38. The van der Waals surface area contributed by atoms with Crippen LogP contribution in [0.25, 0.3) is 0 Å². The highest BCUT2D eigenvalue weighted by molar-refractivity contribution is 5.64. The Morgan fingerprint density at radius 1 is 1.38 bits per heavy atom. The predicted molar refractivity (Wildman–Crippen MR) is 52.5 cm³/mol.